The third kappa shape index (κ3) is 3.26. The lowest BCUT2D eigenvalue weighted by molar-refractivity contribution is 0.0844. The first-order valence-electron chi connectivity index (χ1n) is 8.26. The third-order valence-corrected chi connectivity index (χ3v) is 4.21. The maximum atomic E-state index is 13.7. The number of aryl methyl sites for hydroxylation is 1. The monoisotopic (exact) mass is 351 g/mol. The van der Waals surface area contributed by atoms with E-state index in [1.165, 1.54) is 18.2 Å². The van der Waals surface area contributed by atoms with E-state index in [-0.39, 0.29) is 5.56 Å². The molecule has 0 saturated carbocycles. The van der Waals surface area contributed by atoms with E-state index < -0.39 is 17.6 Å². The zero-order chi connectivity index (χ0) is 18.7. The standard InChI is InChI=1S/C20H18FN3O2/c1-3-16-12(2)18(14-9-5-7-11-17(14)22-16)20(26)24-23-19(25)13-8-4-6-10-15(13)21/h4-11H,3H2,1-2H3,(H,23,25)(H,24,26). The number of hydrogen-bond acceptors (Lipinski definition) is 3. The van der Waals surface area contributed by atoms with Crippen LogP contribution in [0.15, 0.2) is 48.5 Å². The molecule has 0 aliphatic heterocycles. The molecule has 1 aromatic heterocycles. The van der Waals surface area contributed by atoms with Gasteiger partial charge in [0.05, 0.1) is 16.6 Å². The molecule has 3 rings (SSSR count). The van der Waals surface area contributed by atoms with Gasteiger partial charge in [-0.05, 0) is 37.1 Å². The number of carbonyl (C=O) groups excluding carboxylic acids is 2. The van der Waals surface area contributed by atoms with E-state index in [0.717, 1.165) is 11.3 Å². The van der Waals surface area contributed by atoms with Crippen molar-refractivity contribution < 1.29 is 14.0 Å². The lowest BCUT2D eigenvalue weighted by Gasteiger charge is -2.14. The lowest BCUT2D eigenvalue weighted by atomic mass is 10.00. The van der Waals surface area contributed by atoms with Crippen LogP contribution in [0, 0.1) is 12.7 Å². The fraction of sp³-hybridized carbons (Fsp3) is 0.150. The molecule has 0 bridgehead atoms. The number of carbonyl (C=O) groups is 2. The Morgan fingerprint density at radius 3 is 2.38 bits per heavy atom. The lowest BCUT2D eigenvalue weighted by Crippen LogP contribution is -2.42. The van der Waals surface area contributed by atoms with E-state index in [2.05, 4.69) is 15.8 Å². The molecule has 3 aromatic rings. The number of hydrogen-bond donors (Lipinski definition) is 2. The van der Waals surface area contributed by atoms with Crippen LogP contribution in [0.4, 0.5) is 4.39 Å². The number of para-hydroxylation sites is 1. The number of pyridine rings is 1. The summed E-state index contributed by atoms with van der Waals surface area (Å²) in [4.78, 5) is 29.4. The Morgan fingerprint density at radius 2 is 1.65 bits per heavy atom. The summed E-state index contributed by atoms with van der Waals surface area (Å²) in [6, 6.07) is 12.9. The maximum absolute atomic E-state index is 13.7. The first-order chi connectivity index (χ1) is 12.5. The van der Waals surface area contributed by atoms with Crippen LogP contribution < -0.4 is 10.9 Å². The topological polar surface area (TPSA) is 71.1 Å². The van der Waals surface area contributed by atoms with Crippen molar-refractivity contribution in [2.75, 3.05) is 0 Å². The van der Waals surface area contributed by atoms with E-state index in [4.69, 9.17) is 0 Å². The minimum absolute atomic E-state index is 0.140. The Morgan fingerprint density at radius 1 is 1.00 bits per heavy atom. The van der Waals surface area contributed by atoms with Crippen LogP contribution in [0.1, 0.15) is 38.9 Å². The molecular formula is C20H18FN3O2. The number of halogens is 1. The second-order valence-electron chi connectivity index (χ2n) is 5.82. The van der Waals surface area contributed by atoms with Gasteiger partial charge in [0.2, 0.25) is 0 Å². The summed E-state index contributed by atoms with van der Waals surface area (Å²) in [7, 11) is 0. The second-order valence-corrected chi connectivity index (χ2v) is 5.82. The Labute approximate surface area is 150 Å². The van der Waals surface area contributed by atoms with Crippen molar-refractivity contribution in [3.8, 4) is 0 Å². The molecule has 0 fully saturated rings. The second kappa shape index (κ2) is 7.31. The molecule has 0 aliphatic rings. The summed E-state index contributed by atoms with van der Waals surface area (Å²) in [5, 5.41) is 0.694. The molecule has 26 heavy (non-hydrogen) atoms. The van der Waals surface area contributed by atoms with Crippen molar-refractivity contribution in [1.29, 1.82) is 0 Å². The molecule has 0 atom stereocenters. The molecular weight excluding hydrogens is 333 g/mol. The van der Waals surface area contributed by atoms with Crippen LogP contribution >= 0.6 is 0 Å². The molecule has 2 aromatic carbocycles. The highest BCUT2D eigenvalue weighted by molar-refractivity contribution is 6.08. The molecule has 132 valence electrons. The number of benzene rings is 2. The van der Waals surface area contributed by atoms with Crippen molar-refractivity contribution in [2.24, 2.45) is 0 Å². The molecule has 2 amide bonds. The van der Waals surface area contributed by atoms with Crippen molar-refractivity contribution in [1.82, 2.24) is 15.8 Å². The molecule has 6 heteroatoms. The number of nitrogens with one attached hydrogen (secondary N) is 2. The third-order valence-electron chi connectivity index (χ3n) is 4.21. The first-order valence-corrected chi connectivity index (χ1v) is 8.26. The van der Waals surface area contributed by atoms with Gasteiger partial charge in [0.15, 0.2) is 0 Å². The quantitative estimate of drug-likeness (QED) is 0.711. The number of hydrazine groups is 1. The number of fused-ring (bicyclic) bond motifs is 1. The van der Waals surface area contributed by atoms with Crippen molar-refractivity contribution in [3.63, 3.8) is 0 Å². The minimum Gasteiger partial charge on any atom is -0.267 e. The van der Waals surface area contributed by atoms with Crippen LogP contribution in [0.2, 0.25) is 0 Å². The van der Waals surface area contributed by atoms with Gasteiger partial charge in [-0.15, -0.1) is 0 Å². The predicted octanol–water partition coefficient (Wildman–Crippen LogP) is 3.32. The van der Waals surface area contributed by atoms with Gasteiger partial charge in [-0.25, -0.2) is 4.39 Å². The Kier molecular flexibility index (Phi) is 4.93. The summed E-state index contributed by atoms with van der Waals surface area (Å²) < 4.78 is 13.7. The minimum atomic E-state index is -0.719. The molecule has 0 unspecified atom stereocenters. The van der Waals surface area contributed by atoms with Crippen LogP contribution in [0.25, 0.3) is 10.9 Å². The number of rotatable bonds is 3. The fourth-order valence-corrected chi connectivity index (χ4v) is 2.88. The molecule has 2 N–H and O–H groups in total. The van der Waals surface area contributed by atoms with Gasteiger partial charge < -0.3 is 0 Å². The number of nitrogens with zero attached hydrogens (tertiary/aromatic N) is 1. The van der Waals surface area contributed by atoms with Crippen LogP contribution in [-0.2, 0) is 6.42 Å². The van der Waals surface area contributed by atoms with E-state index >= 15 is 0 Å². The SMILES string of the molecule is CCc1nc2ccccc2c(C(=O)NNC(=O)c2ccccc2F)c1C. The van der Waals surface area contributed by atoms with Crippen molar-refractivity contribution in [2.45, 2.75) is 20.3 Å². The van der Waals surface area contributed by atoms with Gasteiger partial charge in [0.25, 0.3) is 11.8 Å². The highest BCUT2D eigenvalue weighted by Crippen LogP contribution is 2.23. The Bertz CT molecular complexity index is 1000. The van der Waals surface area contributed by atoms with Crippen molar-refractivity contribution >= 4 is 22.7 Å². The molecule has 0 spiro atoms. The van der Waals surface area contributed by atoms with Crippen LogP contribution in [0.3, 0.4) is 0 Å². The highest BCUT2D eigenvalue weighted by Gasteiger charge is 2.18. The largest absolute Gasteiger partial charge is 0.272 e. The Balaban J connectivity index is 1.90. The van der Waals surface area contributed by atoms with E-state index in [1.807, 2.05) is 38.1 Å². The zero-order valence-corrected chi connectivity index (χ0v) is 14.5. The molecule has 0 aliphatic carbocycles. The van der Waals surface area contributed by atoms with Gasteiger partial charge >= 0.3 is 0 Å². The average molecular weight is 351 g/mol. The molecule has 0 saturated heterocycles. The van der Waals surface area contributed by atoms with E-state index in [0.29, 0.717) is 22.9 Å². The summed E-state index contributed by atoms with van der Waals surface area (Å²) in [5.74, 6) is -1.85. The number of aromatic nitrogens is 1. The smallest absolute Gasteiger partial charge is 0.267 e. The summed E-state index contributed by atoms with van der Waals surface area (Å²) in [6.45, 7) is 3.79. The summed E-state index contributed by atoms with van der Waals surface area (Å²) in [5.41, 5.74) is 7.23. The van der Waals surface area contributed by atoms with Crippen LogP contribution in [-0.4, -0.2) is 16.8 Å². The zero-order valence-electron chi connectivity index (χ0n) is 14.5. The maximum Gasteiger partial charge on any atom is 0.272 e. The molecule has 1 heterocycles. The van der Waals surface area contributed by atoms with Gasteiger partial charge in [-0.3, -0.25) is 25.4 Å². The van der Waals surface area contributed by atoms with Gasteiger partial charge in [0, 0.05) is 11.1 Å². The van der Waals surface area contributed by atoms with Gasteiger partial charge in [-0.1, -0.05) is 37.3 Å². The van der Waals surface area contributed by atoms with E-state index in [1.54, 1.807) is 6.07 Å². The normalized spacial score (nSPS) is 10.6. The summed E-state index contributed by atoms with van der Waals surface area (Å²) >= 11 is 0. The first kappa shape index (κ1) is 17.5. The molecule has 0 radical (unpaired) electrons. The fourth-order valence-electron chi connectivity index (χ4n) is 2.88. The van der Waals surface area contributed by atoms with Crippen molar-refractivity contribution in [3.05, 3.63) is 76.7 Å². The van der Waals surface area contributed by atoms with E-state index in [9.17, 15) is 14.0 Å². The highest BCUT2D eigenvalue weighted by atomic mass is 19.1. The predicted molar refractivity (Wildman–Crippen MR) is 97.2 cm³/mol. The van der Waals surface area contributed by atoms with Crippen LogP contribution in [0.5, 0.6) is 0 Å². The van der Waals surface area contributed by atoms with Gasteiger partial charge in [-0.2, -0.15) is 0 Å². The molecule has 5 nitrogen and oxygen atoms in total. The average Bonchev–Trinajstić information content (AvgIpc) is 2.65. The van der Waals surface area contributed by atoms with Gasteiger partial charge in [0.1, 0.15) is 5.82 Å². The Hall–Kier alpha value is -3.28. The number of amides is 2. The summed E-state index contributed by atoms with van der Waals surface area (Å²) in [6.07, 6.45) is 0.679.